The first-order valence-corrected chi connectivity index (χ1v) is 12.4. The van der Waals surface area contributed by atoms with E-state index in [1.54, 1.807) is 7.11 Å². The van der Waals surface area contributed by atoms with Crippen LogP contribution in [0.2, 0.25) is 0 Å². The highest BCUT2D eigenvalue weighted by Gasteiger charge is 2.33. The number of likely N-dealkylation sites (tertiary alicyclic amines) is 2. The molecule has 5 rings (SSSR count). The van der Waals surface area contributed by atoms with E-state index in [-0.39, 0.29) is 17.7 Å². The molecule has 2 fully saturated rings. The number of carbonyl (C=O) groups excluding carboxylic acids is 2. The largest absolute Gasteiger partial charge is 0.497 e. The lowest BCUT2D eigenvalue weighted by Gasteiger charge is -2.38. The second kappa shape index (κ2) is 9.92. The van der Waals surface area contributed by atoms with Crippen LogP contribution >= 0.6 is 0 Å². The highest BCUT2D eigenvalue weighted by molar-refractivity contribution is 5.85. The van der Waals surface area contributed by atoms with Crippen molar-refractivity contribution in [3.63, 3.8) is 0 Å². The lowest BCUT2D eigenvalue weighted by atomic mass is 9.88. The molecule has 6 heteroatoms. The summed E-state index contributed by atoms with van der Waals surface area (Å²) < 4.78 is 5.41. The fraction of sp³-hybridized carbons (Fsp3) is 0.429. The number of hydrogen-bond acceptors (Lipinski definition) is 3. The Hall–Kier alpha value is -3.28. The SMILES string of the molecule is COc1ccc2[nH]cc(C3CCN(C(=O)C4CCCN(C(=O)Cc5ccccc5)C4)CC3)c2c1. The maximum atomic E-state index is 13.3. The fourth-order valence-electron chi connectivity index (χ4n) is 5.54. The Kier molecular flexibility index (Phi) is 6.57. The fourth-order valence-corrected chi connectivity index (χ4v) is 5.54. The van der Waals surface area contributed by atoms with Gasteiger partial charge in [-0.1, -0.05) is 30.3 Å². The Labute approximate surface area is 200 Å². The third-order valence-electron chi connectivity index (χ3n) is 7.49. The molecule has 2 aliphatic heterocycles. The molecule has 6 nitrogen and oxygen atoms in total. The summed E-state index contributed by atoms with van der Waals surface area (Å²) in [5.41, 5.74) is 3.46. The average Bonchev–Trinajstić information content (AvgIpc) is 3.32. The van der Waals surface area contributed by atoms with Crippen molar-refractivity contribution in [2.24, 2.45) is 5.92 Å². The number of ether oxygens (including phenoxy) is 1. The van der Waals surface area contributed by atoms with Crippen LogP contribution in [-0.4, -0.2) is 59.9 Å². The Morgan fingerprint density at radius 2 is 1.79 bits per heavy atom. The van der Waals surface area contributed by atoms with Gasteiger partial charge < -0.3 is 19.5 Å². The lowest BCUT2D eigenvalue weighted by Crippen LogP contribution is -2.48. The molecule has 2 saturated heterocycles. The molecule has 178 valence electrons. The van der Waals surface area contributed by atoms with E-state index >= 15 is 0 Å². The minimum Gasteiger partial charge on any atom is -0.497 e. The second-order valence-corrected chi connectivity index (χ2v) is 9.60. The van der Waals surface area contributed by atoms with Crippen LogP contribution in [0.5, 0.6) is 5.75 Å². The Morgan fingerprint density at radius 1 is 1.00 bits per heavy atom. The summed E-state index contributed by atoms with van der Waals surface area (Å²) in [5.74, 6) is 1.56. The van der Waals surface area contributed by atoms with Crippen LogP contribution in [0.15, 0.2) is 54.7 Å². The van der Waals surface area contributed by atoms with Crippen LogP contribution in [0, 0.1) is 5.92 Å². The first-order chi connectivity index (χ1) is 16.6. The molecule has 1 aromatic heterocycles. The summed E-state index contributed by atoms with van der Waals surface area (Å²) in [6.07, 6.45) is 6.20. The molecule has 3 aromatic rings. The molecular formula is C28H33N3O3. The number of aromatic nitrogens is 1. The molecule has 1 unspecified atom stereocenters. The summed E-state index contributed by atoms with van der Waals surface area (Å²) in [5, 5.41) is 1.21. The second-order valence-electron chi connectivity index (χ2n) is 9.60. The first kappa shape index (κ1) is 22.5. The van der Waals surface area contributed by atoms with Crippen molar-refractivity contribution < 1.29 is 14.3 Å². The zero-order valence-corrected chi connectivity index (χ0v) is 19.8. The number of aromatic amines is 1. The lowest BCUT2D eigenvalue weighted by molar-refractivity contribution is -0.141. The van der Waals surface area contributed by atoms with Crippen molar-refractivity contribution in [2.75, 3.05) is 33.3 Å². The molecule has 0 aliphatic carbocycles. The van der Waals surface area contributed by atoms with E-state index in [1.165, 1.54) is 10.9 Å². The molecule has 0 spiro atoms. The highest BCUT2D eigenvalue weighted by Crippen LogP contribution is 2.35. The molecule has 0 radical (unpaired) electrons. The van der Waals surface area contributed by atoms with Crippen molar-refractivity contribution in [1.29, 1.82) is 0 Å². The third kappa shape index (κ3) is 4.67. The zero-order valence-electron chi connectivity index (χ0n) is 19.8. The summed E-state index contributed by atoms with van der Waals surface area (Å²) in [6, 6.07) is 16.0. The van der Waals surface area contributed by atoms with E-state index < -0.39 is 0 Å². The predicted molar refractivity (Wildman–Crippen MR) is 133 cm³/mol. The summed E-state index contributed by atoms with van der Waals surface area (Å²) in [6.45, 7) is 2.84. The number of H-pyrrole nitrogens is 1. The van der Waals surface area contributed by atoms with E-state index in [2.05, 4.69) is 23.3 Å². The van der Waals surface area contributed by atoms with Gasteiger partial charge in [-0.25, -0.2) is 0 Å². The first-order valence-electron chi connectivity index (χ1n) is 12.4. The molecule has 2 aliphatic rings. The summed E-state index contributed by atoms with van der Waals surface area (Å²) in [4.78, 5) is 33.5. The predicted octanol–water partition coefficient (Wildman–Crippen LogP) is 4.36. The van der Waals surface area contributed by atoms with Crippen molar-refractivity contribution in [3.8, 4) is 5.75 Å². The number of carbonyl (C=O) groups is 2. The van der Waals surface area contributed by atoms with Gasteiger partial charge >= 0.3 is 0 Å². The van der Waals surface area contributed by atoms with Crippen LogP contribution in [0.4, 0.5) is 0 Å². The van der Waals surface area contributed by atoms with Crippen molar-refractivity contribution >= 4 is 22.7 Å². The Morgan fingerprint density at radius 3 is 2.56 bits per heavy atom. The van der Waals surface area contributed by atoms with Gasteiger partial charge in [0.15, 0.2) is 0 Å². The van der Waals surface area contributed by atoms with E-state index in [0.717, 1.165) is 62.1 Å². The number of methoxy groups -OCH3 is 1. The average molecular weight is 460 g/mol. The molecule has 1 atom stereocenters. The van der Waals surface area contributed by atoms with E-state index in [1.807, 2.05) is 46.2 Å². The van der Waals surface area contributed by atoms with Crippen LogP contribution in [-0.2, 0) is 16.0 Å². The quantitative estimate of drug-likeness (QED) is 0.616. The van der Waals surface area contributed by atoms with Crippen LogP contribution in [0.3, 0.4) is 0 Å². The maximum Gasteiger partial charge on any atom is 0.227 e. The number of hydrogen-bond donors (Lipinski definition) is 1. The monoisotopic (exact) mass is 459 g/mol. The van der Waals surface area contributed by atoms with Gasteiger partial charge in [0.25, 0.3) is 0 Å². The standard InChI is InChI=1S/C28H33N3O3/c1-34-23-9-10-26-24(17-23)25(18-29-26)21-11-14-30(15-12-21)28(33)22-8-5-13-31(19-22)27(32)16-20-6-3-2-4-7-20/h2-4,6-7,9-10,17-18,21-22,29H,5,8,11-16,19H2,1H3. The van der Waals surface area contributed by atoms with Crippen LogP contribution in [0.1, 0.15) is 42.7 Å². The van der Waals surface area contributed by atoms with Gasteiger partial charge in [-0.3, -0.25) is 9.59 Å². The van der Waals surface area contributed by atoms with Gasteiger partial charge in [0.05, 0.1) is 19.4 Å². The van der Waals surface area contributed by atoms with Gasteiger partial charge in [-0.05, 0) is 60.9 Å². The van der Waals surface area contributed by atoms with E-state index in [0.29, 0.717) is 18.9 Å². The molecular weight excluding hydrogens is 426 g/mol. The van der Waals surface area contributed by atoms with Crippen LogP contribution < -0.4 is 4.74 Å². The van der Waals surface area contributed by atoms with Gasteiger partial charge in [0.2, 0.25) is 11.8 Å². The van der Waals surface area contributed by atoms with Gasteiger partial charge in [-0.15, -0.1) is 0 Å². The maximum absolute atomic E-state index is 13.3. The normalized spacial score (nSPS) is 19.4. The van der Waals surface area contributed by atoms with Crippen molar-refractivity contribution in [2.45, 2.75) is 38.0 Å². The number of nitrogens with zero attached hydrogens (tertiary/aromatic N) is 2. The number of amides is 2. The highest BCUT2D eigenvalue weighted by atomic mass is 16.5. The van der Waals surface area contributed by atoms with E-state index in [9.17, 15) is 9.59 Å². The smallest absolute Gasteiger partial charge is 0.227 e. The zero-order chi connectivity index (χ0) is 23.5. The molecule has 0 bridgehead atoms. The van der Waals surface area contributed by atoms with Gasteiger partial charge in [-0.2, -0.15) is 0 Å². The number of rotatable bonds is 5. The molecule has 34 heavy (non-hydrogen) atoms. The summed E-state index contributed by atoms with van der Waals surface area (Å²) in [7, 11) is 1.69. The number of benzene rings is 2. The van der Waals surface area contributed by atoms with Crippen LogP contribution in [0.25, 0.3) is 10.9 Å². The van der Waals surface area contributed by atoms with Gasteiger partial charge in [0.1, 0.15) is 5.75 Å². The molecule has 0 saturated carbocycles. The minimum atomic E-state index is -0.0811. The molecule has 2 amide bonds. The number of nitrogens with one attached hydrogen (secondary N) is 1. The van der Waals surface area contributed by atoms with Crippen molar-refractivity contribution in [1.82, 2.24) is 14.8 Å². The number of fused-ring (bicyclic) bond motifs is 1. The van der Waals surface area contributed by atoms with E-state index in [4.69, 9.17) is 4.74 Å². The molecule has 2 aromatic carbocycles. The van der Waals surface area contributed by atoms with Crippen molar-refractivity contribution in [3.05, 3.63) is 65.9 Å². The third-order valence-corrected chi connectivity index (χ3v) is 7.49. The summed E-state index contributed by atoms with van der Waals surface area (Å²) >= 11 is 0. The Bertz CT molecular complexity index is 1150. The Balaban J connectivity index is 1.18. The molecule has 3 heterocycles. The van der Waals surface area contributed by atoms with Gasteiger partial charge in [0, 0.05) is 43.3 Å². The number of piperidine rings is 2. The topological polar surface area (TPSA) is 65.6 Å². The minimum absolute atomic E-state index is 0.0811. The molecule has 1 N–H and O–H groups in total.